The lowest BCUT2D eigenvalue weighted by atomic mass is 9.97. The van der Waals surface area contributed by atoms with E-state index >= 15 is 0 Å². The largest absolute Gasteiger partial charge is 0.316 e. The predicted octanol–water partition coefficient (Wildman–Crippen LogP) is 3.14. The van der Waals surface area contributed by atoms with Crippen LogP contribution in [-0.2, 0) is 6.42 Å². The van der Waals surface area contributed by atoms with Gasteiger partial charge in [-0.25, -0.2) is 8.78 Å². The van der Waals surface area contributed by atoms with Crippen molar-refractivity contribution >= 4 is 0 Å². The Morgan fingerprint density at radius 3 is 2.44 bits per heavy atom. The molecule has 0 fully saturated rings. The van der Waals surface area contributed by atoms with Gasteiger partial charge in [0.05, 0.1) is 0 Å². The van der Waals surface area contributed by atoms with Crippen LogP contribution in [0.2, 0.25) is 0 Å². The monoisotopic (exact) mass is 227 g/mol. The van der Waals surface area contributed by atoms with Gasteiger partial charge in [0, 0.05) is 12.6 Å². The first-order valence-electron chi connectivity index (χ1n) is 5.53. The summed E-state index contributed by atoms with van der Waals surface area (Å²) in [6, 6.07) is 3.73. The van der Waals surface area contributed by atoms with Crippen LogP contribution in [-0.4, -0.2) is 13.1 Å². The van der Waals surface area contributed by atoms with Gasteiger partial charge in [-0.2, -0.15) is 0 Å². The van der Waals surface area contributed by atoms with Crippen LogP contribution in [0.3, 0.4) is 0 Å². The quantitative estimate of drug-likeness (QED) is 0.779. The third kappa shape index (κ3) is 4.71. The molecule has 0 atom stereocenters. The molecule has 0 aliphatic rings. The van der Waals surface area contributed by atoms with Crippen molar-refractivity contribution in [3.8, 4) is 0 Å². The molecule has 0 saturated heterocycles. The molecule has 0 radical (unpaired) electrons. The van der Waals surface area contributed by atoms with E-state index in [1.807, 2.05) is 0 Å². The van der Waals surface area contributed by atoms with E-state index in [1.54, 1.807) is 0 Å². The molecule has 1 aromatic rings. The van der Waals surface area contributed by atoms with Crippen molar-refractivity contribution in [3.63, 3.8) is 0 Å². The second-order valence-electron chi connectivity index (χ2n) is 5.22. The molecule has 0 spiro atoms. The first kappa shape index (κ1) is 13.1. The van der Waals surface area contributed by atoms with Crippen LogP contribution in [0.15, 0.2) is 18.2 Å². The molecule has 90 valence electrons. The van der Waals surface area contributed by atoms with E-state index in [1.165, 1.54) is 12.1 Å². The Hall–Kier alpha value is -0.960. The maximum Gasteiger partial charge on any atom is 0.129 e. The molecule has 1 N–H and O–H groups in total. The Morgan fingerprint density at radius 1 is 1.19 bits per heavy atom. The molecular formula is C13H19F2N. The highest BCUT2D eigenvalue weighted by molar-refractivity contribution is 5.18. The molecule has 16 heavy (non-hydrogen) atoms. The molecule has 1 rings (SSSR count). The Bertz CT molecular complexity index is 342. The highest BCUT2D eigenvalue weighted by atomic mass is 19.1. The van der Waals surface area contributed by atoms with Crippen molar-refractivity contribution in [2.75, 3.05) is 13.1 Å². The fourth-order valence-corrected chi connectivity index (χ4v) is 1.41. The molecule has 0 amide bonds. The third-order valence-corrected chi connectivity index (χ3v) is 2.24. The van der Waals surface area contributed by atoms with Crippen molar-refractivity contribution in [1.82, 2.24) is 5.32 Å². The summed E-state index contributed by atoms with van der Waals surface area (Å²) in [7, 11) is 0. The maximum absolute atomic E-state index is 13.2. The molecule has 0 aliphatic carbocycles. The molecule has 1 nitrogen and oxygen atoms in total. The predicted molar refractivity (Wildman–Crippen MR) is 62.4 cm³/mol. The summed E-state index contributed by atoms with van der Waals surface area (Å²) < 4.78 is 25.9. The number of hydrogen-bond acceptors (Lipinski definition) is 1. The van der Waals surface area contributed by atoms with Crippen molar-refractivity contribution in [2.45, 2.75) is 27.2 Å². The highest BCUT2D eigenvalue weighted by Crippen LogP contribution is 2.11. The lowest BCUT2D eigenvalue weighted by Gasteiger charge is -2.18. The van der Waals surface area contributed by atoms with Crippen LogP contribution < -0.4 is 5.32 Å². The zero-order valence-electron chi connectivity index (χ0n) is 10.1. The van der Waals surface area contributed by atoms with Gasteiger partial charge in [-0.1, -0.05) is 26.8 Å². The van der Waals surface area contributed by atoms with E-state index in [0.717, 1.165) is 12.6 Å². The molecular weight excluding hydrogens is 208 g/mol. The minimum atomic E-state index is -0.524. The fourth-order valence-electron chi connectivity index (χ4n) is 1.41. The summed E-state index contributed by atoms with van der Waals surface area (Å²) in [6.45, 7) is 8.01. The van der Waals surface area contributed by atoms with Crippen molar-refractivity contribution in [1.29, 1.82) is 0 Å². The highest BCUT2D eigenvalue weighted by Gasteiger charge is 2.09. The molecule has 0 heterocycles. The van der Waals surface area contributed by atoms with Gasteiger partial charge in [-0.05, 0) is 30.0 Å². The normalized spacial score (nSPS) is 11.8. The van der Waals surface area contributed by atoms with Crippen molar-refractivity contribution in [3.05, 3.63) is 35.4 Å². The van der Waals surface area contributed by atoms with Gasteiger partial charge >= 0.3 is 0 Å². The maximum atomic E-state index is 13.2. The Kier molecular flexibility index (Phi) is 4.42. The fraction of sp³-hybridized carbons (Fsp3) is 0.538. The molecule has 0 unspecified atom stereocenters. The molecule has 3 heteroatoms. The molecule has 0 aromatic heterocycles. The van der Waals surface area contributed by atoms with E-state index < -0.39 is 11.6 Å². The molecule has 1 aromatic carbocycles. The Labute approximate surface area is 95.9 Å². The minimum absolute atomic E-state index is 0.224. The first-order chi connectivity index (χ1) is 7.38. The Morgan fingerprint density at radius 2 is 1.88 bits per heavy atom. The Balaban J connectivity index is 2.38. The summed E-state index contributed by atoms with van der Waals surface area (Å²) in [5, 5.41) is 3.26. The second-order valence-corrected chi connectivity index (χ2v) is 5.22. The van der Waals surface area contributed by atoms with E-state index in [4.69, 9.17) is 0 Å². The SMILES string of the molecule is CC(C)(C)CNCCc1ccc(F)cc1F. The van der Waals surface area contributed by atoms with Gasteiger partial charge in [0.2, 0.25) is 0 Å². The topological polar surface area (TPSA) is 12.0 Å². The van der Waals surface area contributed by atoms with Crippen LogP contribution >= 0.6 is 0 Å². The van der Waals surface area contributed by atoms with Crippen LogP contribution in [0.4, 0.5) is 8.78 Å². The third-order valence-electron chi connectivity index (χ3n) is 2.24. The van der Waals surface area contributed by atoms with E-state index in [-0.39, 0.29) is 5.41 Å². The van der Waals surface area contributed by atoms with Crippen LogP contribution in [0.5, 0.6) is 0 Å². The summed E-state index contributed by atoms with van der Waals surface area (Å²) in [6.07, 6.45) is 0.586. The number of rotatable bonds is 4. The van der Waals surface area contributed by atoms with E-state index in [9.17, 15) is 8.78 Å². The summed E-state index contributed by atoms with van der Waals surface area (Å²) in [5.41, 5.74) is 0.782. The molecule has 0 aliphatic heterocycles. The van der Waals surface area contributed by atoms with Crippen molar-refractivity contribution < 1.29 is 8.78 Å². The summed E-state index contributed by atoms with van der Waals surface area (Å²) >= 11 is 0. The smallest absolute Gasteiger partial charge is 0.129 e. The van der Waals surface area contributed by atoms with E-state index in [2.05, 4.69) is 26.1 Å². The average molecular weight is 227 g/mol. The van der Waals surface area contributed by atoms with Gasteiger partial charge in [0.25, 0.3) is 0 Å². The standard InChI is InChI=1S/C13H19F2N/c1-13(2,3)9-16-7-6-10-4-5-11(14)8-12(10)15/h4-5,8,16H,6-7,9H2,1-3H3. The lowest BCUT2D eigenvalue weighted by molar-refractivity contribution is 0.381. The summed E-state index contributed by atoms with van der Waals surface area (Å²) in [5.74, 6) is -0.985. The molecule has 0 bridgehead atoms. The zero-order valence-corrected chi connectivity index (χ0v) is 10.1. The lowest BCUT2D eigenvalue weighted by Crippen LogP contribution is -2.28. The van der Waals surface area contributed by atoms with Crippen molar-refractivity contribution in [2.24, 2.45) is 5.41 Å². The van der Waals surface area contributed by atoms with Gasteiger partial charge in [-0.3, -0.25) is 0 Å². The van der Waals surface area contributed by atoms with Gasteiger partial charge in [0.15, 0.2) is 0 Å². The summed E-state index contributed by atoms with van der Waals surface area (Å²) in [4.78, 5) is 0. The minimum Gasteiger partial charge on any atom is -0.316 e. The zero-order chi connectivity index (χ0) is 12.2. The van der Waals surface area contributed by atoms with E-state index in [0.29, 0.717) is 18.5 Å². The number of hydrogen-bond donors (Lipinski definition) is 1. The van der Waals surface area contributed by atoms with Crippen LogP contribution in [0.25, 0.3) is 0 Å². The van der Waals surface area contributed by atoms with Crippen LogP contribution in [0, 0.1) is 17.0 Å². The number of nitrogens with one attached hydrogen (secondary N) is 1. The van der Waals surface area contributed by atoms with Gasteiger partial charge in [0.1, 0.15) is 11.6 Å². The molecule has 0 saturated carbocycles. The van der Waals surface area contributed by atoms with Crippen LogP contribution in [0.1, 0.15) is 26.3 Å². The second kappa shape index (κ2) is 5.39. The first-order valence-corrected chi connectivity index (χ1v) is 5.53. The van der Waals surface area contributed by atoms with Gasteiger partial charge in [-0.15, -0.1) is 0 Å². The van der Waals surface area contributed by atoms with Gasteiger partial charge < -0.3 is 5.32 Å². The average Bonchev–Trinajstić information content (AvgIpc) is 2.13. The number of benzene rings is 1. The number of halogens is 2.